The number of sulfonamides is 1. The summed E-state index contributed by atoms with van der Waals surface area (Å²) in [5, 5.41) is 0. The van der Waals surface area contributed by atoms with Crippen molar-refractivity contribution in [3.63, 3.8) is 0 Å². The van der Waals surface area contributed by atoms with Crippen LogP contribution in [0.1, 0.15) is 47.6 Å². The zero-order valence-corrected chi connectivity index (χ0v) is 19.5. The lowest BCUT2D eigenvalue weighted by Crippen LogP contribution is -2.31. The predicted octanol–water partition coefficient (Wildman–Crippen LogP) is 3.23. The monoisotopic (exact) mass is 472 g/mol. The molecule has 176 valence electrons. The fraction of sp³-hybridized carbons (Fsp3) is 0.458. The summed E-state index contributed by atoms with van der Waals surface area (Å²) in [6.45, 7) is 2.62. The molecule has 0 aliphatic carbocycles. The molecule has 2 aromatic carbocycles. The molecular formula is C24H28N2O6S. The molecule has 0 unspecified atom stereocenters. The lowest BCUT2D eigenvalue weighted by Gasteiger charge is -2.27. The normalized spacial score (nSPS) is 20.8. The third-order valence-electron chi connectivity index (χ3n) is 6.56. The van der Waals surface area contributed by atoms with Crippen molar-refractivity contribution in [1.82, 2.24) is 9.21 Å². The first-order valence-electron chi connectivity index (χ1n) is 11.4. The van der Waals surface area contributed by atoms with Gasteiger partial charge in [0, 0.05) is 25.2 Å². The van der Waals surface area contributed by atoms with E-state index >= 15 is 0 Å². The lowest BCUT2D eigenvalue weighted by atomic mass is 10.0. The molecule has 8 nitrogen and oxygen atoms in total. The minimum atomic E-state index is -3.73. The number of methoxy groups -OCH3 is 1. The Bertz CT molecular complexity index is 1160. The Balaban J connectivity index is 1.45. The molecule has 2 saturated heterocycles. The minimum Gasteiger partial charge on any atom is -0.495 e. The van der Waals surface area contributed by atoms with Crippen LogP contribution in [0, 0.1) is 0 Å². The van der Waals surface area contributed by atoms with Gasteiger partial charge < -0.3 is 19.1 Å². The van der Waals surface area contributed by atoms with Crippen molar-refractivity contribution in [2.24, 2.45) is 0 Å². The number of fused-ring (bicyclic) bond motifs is 1. The molecule has 2 aromatic rings. The first kappa shape index (κ1) is 22.0. The van der Waals surface area contributed by atoms with Crippen LogP contribution in [-0.2, 0) is 10.0 Å². The van der Waals surface area contributed by atoms with Crippen molar-refractivity contribution in [3.8, 4) is 17.2 Å². The van der Waals surface area contributed by atoms with E-state index in [0.29, 0.717) is 49.9 Å². The van der Waals surface area contributed by atoms with Gasteiger partial charge in [0.05, 0.1) is 13.2 Å². The van der Waals surface area contributed by atoms with Crippen molar-refractivity contribution in [2.75, 3.05) is 40.0 Å². The summed E-state index contributed by atoms with van der Waals surface area (Å²) in [4.78, 5) is 15.4. The van der Waals surface area contributed by atoms with Crippen LogP contribution in [-0.4, -0.2) is 63.5 Å². The zero-order chi connectivity index (χ0) is 23.0. The van der Waals surface area contributed by atoms with Gasteiger partial charge in [-0.25, -0.2) is 8.42 Å². The summed E-state index contributed by atoms with van der Waals surface area (Å²) >= 11 is 0. The van der Waals surface area contributed by atoms with Crippen molar-refractivity contribution >= 4 is 15.9 Å². The summed E-state index contributed by atoms with van der Waals surface area (Å²) in [5.74, 6) is 1.48. The van der Waals surface area contributed by atoms with Crippen LogP contribution in [0.15, 0.2) is 41.3 Å². The molecule has 3 aliphatic rings. The Morgan fingerprint density at radius 3 is 2.48 bits per heavy atom. The van der Waals surface area contributed by atoms with Gasteiger partial charge in [-0.1, -0.05) is 6.07 Å². The molecule has 0 radical (unpaired) electrons. The molecule has 5 rings (SSSR count). The third-order valence-corrected chi connectivity index (χ3v) is 8.48. The summed E-state index contributed by atoms with van der Waals surface area (Å²) in [6, 6.07) is 10.4. The molecule has 0 bridgehead atoms. The molecular weight excluding hydrogens is 444 g/mol. The van der Waals surface area contributed by atoms with Crippen LogP contribution in [0.2, 0.25) is 0 Å². The quantitative estimate of drug-likeness (QED) is 0.664. The molecule has 0 spiro atoms. The largest absolute Gasteiger partial charge is 0.495 e. The minimum absolute atomic E-state index is 0.0489. The van der Waals surface area contributed by atoms with Crippen LogP contribution >= 0.6 is 0 Å². The molecule has 9 heteroatoms. The van der Waals surface area contributed by atoms with Gasteiger partial charge in [-0.05, 0) is 61.6 Å². The number of carbonyl (C=O) groups is 1. The maximum atomic E-state index is 13.5. The summed E-state index contributed by atoms with van der Waals surface area (Å²) < 4.78 is 44.6. The van der Waals surface area contributed by atoms with Crippen molar-refractivity contribution in [3.05, 3.63) is 47.5 Å². The number of likely N-dealkylation sites (tertiary alicyclic amines) is 1. The van der Waals surface area contributed by atoms with Gasteiger partial charge in [-0.3, -0.25) is 4.79 Å². The smallest absolute Gasteiger partial charge is 0.254 e. The number of hydrogen-bond donors (Lipinski definition) is 0. The SMILES string of the molecule is COc1ccc(C(=O)N2CCC[C@@H]2c2ccc3c(c2)OCCO3)cc1S(=O)(=O)N1CCCC1. The molecule has 3 aliphatic heterocycles. The van der Waals surface area contributed by atoms with Gasteiger partial charge in [0.25, 0.3) is 5.91 Å². The lowest BCUT2D eigenvalue weighted by molar-refractivity contribution is 0.0735. The Morgan fingerprint density at radius 2 is 1.73 bits per heavy atom. The van der Waals surface area contributed by atoms with Gasteiger partial charge in [0.15, 0.2) is 11.5 Å². The maximum absolute atomic E-state index is 13.5. The fourth-order valence-corrected chi connectivity index (χ4v) is 6.57. The van der Waals surface area contributed by atoms with Crippen LogP contribution in [0.25, 0.3) is 0 Å². The second kappa shape index (κ2) is 8.87. The molecule has 0 N–H and O–H groups in total. The Labute approximate surface area is 194 Å². The standard InChI is InChI=1S/C24H28N2O6S/c1-30-21-9-7-18(16-23(21)33(28,29)25-10-2-3-11-25)24(27)26-12-4-5-19(26)17-6-8-20-22(15-17)32-14-13-31-20/h6-9,15-16,19H,2-5,10-14H2,1H3/t19-/m1/s1. The number of ether oxygens (including phenoxy) is 3. The van der Waals surface area contributed by atoms with Gasteiger partial charge in [-0.15, -0.1) is 0 Å². The second-order valence-electron chi connectivity index (χ2n) is 8.54. The third kappa shape index (κ3) is 4.04. The topological polar surface area (TPSA) is 85.4 Å². The van der Waals surface area contributed by atoms with Gasteiger partial charge >= 0.3 is 0 Å². The van der Waals surface area contributed by atoms with Crippen molar-refractivity contribution in [2.45, 2.75) is 36.6 Å². The molecule has 1 atom stereocenters. The zero-order valence-electron chi connectivity index (χ0n) is 18.7. The van der Waals surface area contributed by atoms with E-state index in [9.17, 15) is 13.2 Å². The Kier molecular flexibility index (Phi) is 5.92. The number of benzene rings is 2. The average Bonchev–Trinajstić information content (AvgIpc) is 3.56. The molecule has 0 saturated carbocycles. The number of carbonyl (C=O) groups excluding carboxylic acids is 1. The van der Waals surface area contributed by atoms with Gasteiger partial charge in [0.2, 0.25) is 10.0 Å². The van der Waals surface area contributed by atoms with E-state index < -0.39 is 10.0 Å². The van der Waals surface area contributed by atoms with Gasteiger partial charge in [-0.2, -0.15) is 4.31 Å². The highest BCUT2D eigenvalue weighted by Gasteiger charge is 2.34. The van der Waals surface area contributed by atoms with E-state index in [4.69, 9.17) is 14.2 Å². The number of nitrogens with zero attached hydrogens (tertiary/aromatic N) is 2. The van der Waals surface area contributed by atoms with Crippen molar-refractivity contribution < 1.29 is 27.4 Å². The van der Waals surface area contributed by atoms with E-state index in [0.717, 1.165) is 31.2 Å². The molecule has 0 aromatic heterocycles. The number of hydrogen-bond acceptors (Lipinski definition) is 6. The molecule has 3 heterocycles. The highest BCUT2D eigenvalue weighted by molar-refractivity contribution is 7.89. The van der Waals surface area contributed by atoms with Crippen LogP contribution < -0.4 is 14.2 Å². The summed E-state index contributed by atoms with van der Waals surface area (Å²) in [6.07, 6.45) is 3.39. The fourth-order valence-electron chi connectivity index (χ4n) is 4.87. The predicted molar refractivity (Wildman–Crippen MR) is 121 cm³/mol. The number of rotatable bonds is 5. The van der Waals surface area contributed by atoms with Crippen LogP contribution in [0.3, 0.4) is 0 Å². The summed E-state index contributed by atoms with van der Waals surface area (Å²) in [7, 11) is -2.29. The average molecular weight is 473 g/mol. The maximum Gasteiger partial charge on any atom is 0.254 e. The van der Waals surface area contributed by atoms with E-state index in [-0.39, 0.29) is 22.6 Å². The van der Waals surface area contributed by atoms with E-state index in [1.807, 2.05) is 23.1 Å². The first-order chi connectivity index (χ1) is 16.0. The highest BCUT2D eigenvalue weighted by atomic mass is 32.2. The Morgan fingerprint density at radius 1 is 0.970 bits per heavy atom. The number of amides is 1. The Hall–Kier alpha value is -2.78. The second-order valence-corrected chi connectivity index (χ2v) is 10.4. The van der Waals surface area contributed by atoms with E-state index in [2.05, 4.69) is 0 Å². The summed E-state index contributed by atoms with van der Waals surface area (Å²) in [5.41, 5.74) is 1.33. The first-order valence-corrected chi connectivity index (χ1v) is 12.8. The molecule has 1 amide bonds. The van der Waals surface area contributed by atoms with Gasteiger partial charge in [0.1, 0.15) is 23.9 Å². The van der Waals surface area contributed by atoms with Crippen LogP contribution in [0.4, 0.5) is 0 Å². The highest BCUT2D eigenvalue weighted by Crippen LogP contribution is 2.39. The van der Waals surface area contributed by atoms with E-state index in [1.54, 1.807) is 12.1 Å². The molecule has 2 fully saturated rings. The van der Waals surface area contributed by atoms with Crippen LogP contribution in [0.5, 0.6) is 17.2 Å². The van der Waals surface area contributed by atoms with E-state index in [1.165, 1.54) is 17.5 Å². The van der Waals surface area contributed by atoms with Crippen molar-refractivity contribution in [1.29, 1.82) is 0 Å². The molecule has 33 heavy (non-hydrogen) atoms.